The van der Waals surface area contributed by atoms with Crippen LogP contribution in [-0.4, -0.2) is 32.3 Å². The largest absolute Gasteiger partial charge is 0.396 e. The van der Waals surface area contributed by atoms with Crippen molar-refractivity contribution in [1.82, 2.24) is 15.1 Å². The van der Waals surface area contributed by atoms with Crippen LogP contribution in [0.2, 0.25) is 0 Å². The quantitative estimate of drug-likeness (QED) is 0.591. The van der Waals surface area contributed by atoms with Crippen LogP contribution in [0.1, 0.15) is 29.4 Å². The summed E-state index contributed by atoms with van der Waals surface area (Å²) in [6.07, 6.45) is 0.382. The molecule has 8 nitrogen and oxygen atoms in total. The van der Waals surface area contributed by atoms with Crippen molar-refractivity contribution in [2.75, 3.05) is 6.61 Å². The fourth-order valence-corrected chi connectivity index (χ4v) is 2.62. The van der Waals surface area contributed by atoms with Gasteiger partial charge in [0.2, 0.25) is 5.91 Å². The Balaban J connectivity index is 2.12. The molecule has 0 spiro atoms. The topological polar surface area (TPSA) is 110 Å². The van der Waals surface area contributed by atoms with E-state index in [4.69, 9.17) is 0 Å². The third-order valence-corrected chi connectivity index (χ3v) is 3.77. The summed E-state index contributed by atoms with van der Waals surface area (Å²) in [5.74, 6) is -0.321. The molecule has 0 aliphatic rings. The Hall–Kier alpha value is -2.74. The number of hydrogen-bond donors (Lipinski definition) is 2. The van der Waals surface area contributed by atoms with Crippen LogP contribution in [-0.2, 0) is 11.3 Å². The van der Waals surface area contributed by atoms with Gasteiger partial charge in [0.1, 0.15) is 17.9 Å². The zero-order valence-electron chi connectivity index (χ0n) is 13.6. The number of aliphatic hydroxyl groups is 1. The van der Waals surface area contributed by atoms with Crippen LogP contribution in [0.3, 0.4) is 0 Å². The normalized spacial score (nSPS) is 12.0. The lowest BCUT2D eigenvalue weighted by Crippen LogP contribution is -2.32. The Morgan fingerprint density at radius 3 is 2.58 bits per heavy atom. The van der Waals surface area contributed by atoms with E-state index in [0.29, 0.717) is 12.1 Å². The van der Waals surface area contributed by atoms with Gasteiger partial charge in [0.15, 0.2) is 0 Å². The Bertz CT molecular complexity index is 727. The Kier molecular flexibility index (Phi) is 5.64. The van der Waals surface area contributed by atoms with Crippen LogP contribution >= 0.6 is 0 Å². The molecule has 0 fully saturated rings. The summed E-state index contributed by atoms with van der Waals surface area (Å²) in [5, 5.41) is 27.1. The van der Waals surface area contributed by atoms with Crippen LogP contribution in [0.5, 0.6) is 0 Å². The summed E-state index contributed by atoms with van der Waals surface area (Å²) in [7, 11) is 0. The smallest absolute Gasteiger partial charge is 0.312 e. The molecule has 1 amide bonds. The fourth-order valence-electron chi connectivity index (χ4n) is 2.62. The van der Waals surface area contributed by atoms with E-state index in [0.717, 1.165) is 5.56 Å². The minimum absolute atomic E-state index is 0.0643. The molecule has 24 heavy (non-hydrogen) atoms. The van der Waals surface area contributed by atoms with Gasteiger partial charge in [0.25, 0.3) is 0 Å². The first-order chi connectivity index (χ1) is 11.4. The van der Waals surface area contributed by atoms with Gasteiger partial charge in [0, 0.05) is 6.61 Å². The molecule has 1 atom stereocenters. The predicted molar refractivity (Wildman–Crippen MR) is 87.4 cm³/mol. The number of hydrogen-bond acceptors (Lipinski definition) is 5. The lowest BCUT2D eigenvalue weighted by atomic mass is 10.0. The Morgan fingerprint density at radius 1 is 1.38 bits per heavy atom. The molecule has 1 unspecified atom stereocenters. The van der Waals surface area contributed by atoms with Crippen molar-refractivity contribution in [3.63, 3.8) is 0 Å². The molecule has 1 heterocycles. The highest BCUT2D eigenvalue weighted by atomic mass is 16.6. The predicted octanol–water partition coefficient (Wildman–Crippen LogP) is 1.65. The van der Waals surface area contributed by atoms with Gasteiger partial charge in [-0.2, -0.15) is 5.10 Å². The van der Waals surface area contributed by atoms with Gasteiger partial charge < -0.3 is 10.4 Å². The van der Waals surface area contributed by atoms with Gasteiger partial charge in [-0.3, -0.25) is 19.6 Å². The summed E-state index contributed by atoms with van der Waals surface area (Å²) in [6.45, 7) is 2.92. The zero-order chi connectivity index (χ0) is 17.7. The van der Waals surface area contributed by atoms with Crippen LogP contribution in [0.4, 0.5) is 5.69 Å². The highest BCUT2D eigenvalue weighted by molar-refractivity contribution is 5.76. The van der Waals surface area contributed by atoms with Crippen molar-refractivity contribution >= 4 is 11.6 Å². The van der Waals surface area contributed by atoms with Gasteiger partial charge >= 0.3 is 5.69 Å². The van der Waals surface area contributed by atoms with E-state index in [-0.39, 0.29) is 36.5 Å². The molecule has 128 valence electrons. The Morgan fingerprint density at radius 2 is 2.04 bits per heavy atom. The second kappa shape index (κ2) is 7.69. The van der Waals surface area contributed by atoms with E-state index in [2.05, 4.69) is 10.4 Å². The number of carbonyl (C=O) groups is 1. The monoisotopic (exact) mass is 332 g/mol. The zero-order valence-corrected chi connectivity index (χ0v) is 13.6. The molecular weight excluding hydrogens is 312 g/mol. The summed E-state index contributed by atoms with van der Waals surface area (Å²) in [6, 6.07) is 9.00. The number of benzene rings is 1. The molecule has 1 aromatic carbocycles. The lowest BCUT2D eigenvalue weighted by molar-refractivity contribution is -0.386. The first kappa shape index (κ1) is 17.6. The number of nitrogens with one attached hydrogen (secondary N) is 1. The van der Waals surface area contributed by atoms with E-state index >= 15 is 0 Å². The minimum Gasteiger partial charge on any atom is -0.396 e. The number of carbonyl (C=O) groups excluding carboxylic acids is 1. The minimum atomic E-state index is -0.495. The highest BCUT2D eigenvalue weighted by Crippen LogP contribution is 2.22. The highest BCUT2D eigenvalue weighted by Gasteiger charge is 2.23. The molecule has 2 N–H and O–H groups in total. The number of nitrogens with zero attached hydrogens (tertiary/aromatic N) is 3. The molecule has 0 bridgehead atoms. The van der Waals surface area contributed by atoms with Gasteiger partial charge in [-0.25, -0.2) is 0 Å². The summed E-state index contributed by atoms with van der Waals surface area (Å²) in [5.41, 5.74) is 1.43. The average molecular weight is 332 g/mol. The molecule has 0 aliphatic heterocycles. The third-order valence-electron chi connectivity index (χ3n) is 3.77. The van der Waals surface area contributed by atoms with E-state index in [1.165, 1.54) is 11.6 Å². The maximum Gasteiger partial charge on any atom is 0.312 e. The number of aromatic nitrogens is 2. The standard InChI is InChI=1S/C16H20N4O4/c1-11-16(20(23)24)12(2)19(18-11)10-15(22)17-14(8-9-21)13-6-4-3-5-7-13/h3-7,14,21H,8-10H2,1-2H3,(H,17,22). The lowest BCUT2D eigenvalue weighted by Gasteiger charge is -2.18. The maximum absolute atomic E-state index is 12.3. The van der Waals surface area contributed by atoms with Crippen LogP contribution in [0.15, 0.2) is 30.3 Å². The number of nitro groups is 1. The van der Waals surface area contributed by atoms with Crippen LogP contribution < -0.4 is 5.32 Å². The van der Waals surface area contributed by atoms with E-state index in [1.807, 2.05) is 30.3 Å². The van der Waals surface area contributed by atoms with E-state index in [1.54, 1.807) is 6.92 Å². The number of amides is 1. The van der Waals surface area contributed by atoms with Crippen molar-refractivity contribution in [3.8, 4) is 0 Å². The molecule has 0 saturated heterocycles. The first-order valence-electron chi connectivity index (χ1n) is 7.57. The van der Waals surface area contributed by atoms with E-state index < -0.39 is 4.92 Å². The average Bonchev–Trinajstić information content (AvgIpc) is 2.81. The molecule has 1 aromatic heterocycles. The van der Waals surface area contributed by atoms with Crippen molar-refractivity contribution in [3.05, 3.63) is 57.4 Å². The summed E-state index contributed by atoms with van der Waals surface area (Å²) < 4.78 is 1.32. The number of aliphatic hydroxyl groups excluding tert-OH is 1. The fraction of sp³-hybridized carbons (Fsp3) is 0.375. The second-order valence-electron chi connectivity index (χ2n) is 5.48. The molecular formula is C16H20N4O4. The van der Waals surface area contributed by atoms with Crippen LogP contribution in [0, 0.1) is 24.0 Å². The summed E-state index contributed by atoms with van der Waals surface area (Å²) in [4.78, 5) is 22.8. The summed E-state index contributed by atoms with van der Waals surface area (Å²) >= 11 is 0. The van der Waals surface area contributed by atoms with Crippen molar-refractivity contribution < 1.29 is 14.8 Å². The molecule has 0 radical (unpaired) electrons. The molecule has 0 saturated carbocycles. The van der Waals surface area contributed by atoms with Crippen LogP contribution in [0.25, 0.3) is 0 Å². The van der Waals surface area contributed by atoms with Gasteiger partial charge in [-0.1, -0.05) is 30.3 Å². The Labute approximate surface area is 139 Å². The van der Waals surface area contributed by atoms with Crippen molar-refractivity contribution in [2.45, 2.75) is 32.9 Å². The second-order valence-corrected chi connectivity index (χ2v) is 5.48. The molecule has 2 rings (SSSR count). The van der Waals surface area contributed by atoms with Gasteiger partial charge in [-0.15, -0.1) is 0 Å². The SMILES string of the molecule is Cc1nn(CC(=O)NC(CCO)c2ccccc2)c(C)c1[N+](=O)[O-]. The molecule has 0 aliphatic carbocycles. The number of rotatable bonds is 7. The molecule has 8 heteroatoms. The number of aryl methyl sites for hydroxylation is 1. The van der Waals surface area contributed by atoms with Gasteiger partial charge in [-0.05, 0) is 25.8 Å². The first-order valence-corrected chi connectivity index (χ1v) is 7.57. The van der Waals surface area contributed by atoms with E-state index in [9.17, 15) is 20.0 Å². The maximum atomic E-state index is 12.3. The van der Waals surface area contributed by atoms with Crippen molar-refractivity contribution in [1.29, 1.82) is 0 Å². The molecule has 2 aromatic rings. The van der Waals surface area contributed by atoms with Gasteiger partial charge in [0.05, 0.1) is 11.0 Å². The van der Waals surface area contributed by atoms with Crippen molar-refractivity contribution in [2.24, 2.45) is 0 Å². The third kappa shape index (κ3) is 3.96.